The summed E-state index contributed by atoms with van der Waals surface area (Å²) in [5.41, 5.74) is 1.73. The van der Waals surface area contributed by atoms with Crippen LogP contribution in [0.3, 0.4) is 0 Å². The highest BCUT2D eigenvalue weighted by molar-refractivity contribution is 5.75. The van der Waals surface area contributed by atoms with Gasteiger partial charge in [-0.25, -0.2) is 0 Å². The maximum atomic E-state index is 12.2. The van der Waals surface area contributed by atoms with Gasteiger partial charge in [0.05, 0.1) is 32.8 Å². The van der Waals surface area contributed by atoms with E-state index in [2.05, 4.69) is 0 Å². The Balaban J connectivity index is 1.80. The van der Waals surface area contributed by atoms with Crippen LogP contribution in [0.25, 0.3) is 0 Å². The number of carbonyl (C=O) groups is 1. The highest BCUT2D eigenvalue weighted by Gasteiger charge is 2.42. The standard InChI is InChI=1S/C20H22O5/c1-23-16-9-8-13(11-17(16)24-2)10-15-12-25-20(22)18(15)19(21)14-6-4-3-5-7-14/h3-9,11,15,18-19,21H,10,12H2,1-2H3/t15-,18?,19?/m0/s1. The maximum Gasteiger partial charge on any atom is 0.312 e. The zero-order valence-corrected chi connectivity index (χ0v) is 14.3. The Bertz CT molecular complexity index is 728. The van der Waals surface area contributed by atoms with Crippen LogP contribution < -0.4 is 9.47 Å². The summed E-state index contributed by atoms with van der Waals surface area (Å²) in [7, 11) is 3.18. The minimum Gasteiger partial charge on any atom is -0.493 e. The van der Waals surface area contributed by atoms with Crippen molar-refractivity contribution in [3.05, 3.63) is 59.7 Å². The highest BCUT2D eigenvalue weighted by Crippen LogP contribution is 2.37. The van der Waals surface area contributed by atoms with Crippen LogP contribution >= 0.6 is 0 Å². The van der Waals surface area contributed by atoms with Crippen LogP contribution in [0.1, 0.15) is 17.2 Å². The molecule has 25 heavy (non-hydrogen) atoms. The second kappa shape index (κ2) is 7.57. The van der Waals surface area contributed by atoms with Gasteiger partial charge in [0.1, 0.15) is 0 Å². The summed E-state index contributed by atoms with van der Waals surface area (Å²) in [6.07, 6.45) is -0.262. The summed E-state index contributed by atoms with van der Waals surface area (Å²) in [6.45, 7) is 0.307. The number of cyclic esters (lactones) is 1. The van der Waals surface area contributed by atoms with E-state index in [0.717, 1.165) is 11.1 Å². The smallest absolute Gasteiger partial charge is 0.312 e. The molecule has 0 radical (unpaired) electrons. The second-order valence-corrected chi connectivity index (χ2v) is 6.16. The van der Waals surface area contributed by atoms with Crippen molar-refractivity contribution in [2.24, 2.45) is 11.8 Å². The minimum atomic E-state index is -0.874. The summed E-state index contributed by atoms with van der Waals surface area (Å²) in [5, 5.41) is 10.7. The molecule has 2 aromatic carbocycles. The number of benzene rings is 2. The molecule has 0 bridgehead atoms. The number of aliphatic hydroxyl groups is 1. The summed E-state index contributed by atoms with van der Waals surface area (Å²) in [6, 6.07) is 14.9. The van der Waals surface area contributed by atoms with E-state index >= 15 is 0 Å². The van der Waals surface area contributed by atoms with Crippen molar-refractivity contribution in [1.29, 1.82) is 0 Å². The second-order valence-electron chi connectivity index (χ2n) is 6.16. The van der Waals surface area contributed by atoms with Crippen LogP contribution in [-0.2, 0) is 16.0 Å². The lowest BCUT2D eigenvalue weighted by atomic mass is 9.83. The monoisotopic (exact) mass is 342 g/mol. The fourth-order valence-electron chi connectivity index (χ4n) is 3.32. The molecule has 1 heterocycles. The predicted molar refractivity (Wildman–Crippen MR) is 92.6 cm³/mol. The van der Waals surface area contributed by atoms with E-state index in [1.807, 2.05) is 48.5 Å². The van der Waals surface area contributed by atoms with Crippen LogP contribution in [0.4, 0.5) is 0 Å². The Morgan fingerprint density at radius 2 is 1.84 bits per heavy atom. The molecule has 0 aromatic heterocycles. The number of hydrogen-bond acceptors (Lipinski definition) is 5. The highest BCUT2D eigenvalue weighted by atomic mass is 16.5. The van der Waals surface area contributed by atoms with Gasteiger partial charge in [-0.1, -0.05) is 36.4 Å². The molecule has 1 N–H and O–H groups in total. The van der Waals surface area contributed by atoms with Crippen molar-refractivity contribution in [3.8, 4) is 11.5 Å². The average Bonchev–Trinajstić information content (AvgIpc) is 3.01. The fraction of sp³-hybridized carbons (Fsp3) is 0.350. The SMILES string of the molecule is COc1ccc(C[C@H]2COC(=O)C2C(O)c2ccccc2)cc1OC. The van der Waals surface area contributed by atoms with Gasteiger partial charge in [-0.15, -0.1) is 0 Å². The first-order valence-corrected chi connectivity index (χ1v) is 8.24. The molecule has 2 unspecified atom stereocenters. The number of hydrogen-bond donors (Lipinski definition) is 1. The van der Waals surface area contributed by atoms with Crippen molar-refractivity contribution in [2.75, 3.05) is 20.8 Å². The van der Waals surface area contributed by atoms with Gasteiger partial charge in [0.25, 0.3) is 0 Å². The van der Waals surface area contributed by atoms with E-state index in [0.29, 0.717) is 24.5 Å². The molecule has 132 valence electrons. The van der Waals surface area contributed by atoms with Gasteiger partial charge in [-0.3, -0.25) is 4.79 Å². The largest absolute Gasteiger partial charge is 0.493 e. The minimum absolute atomic E-state index is 0.0965. The first-order chi connectivity index (χ1) is 12.1. The van der Waals surface area contributed by atoms with Gasteiger partial charge < -0.3 is 19.3 Å². The number of rotatable bonds is 6. The summed E-state index contributed by atoms with van der Waals surface area (Å²) in [5.74, 6) is 0.286. The third-order valence-electron chi connectivity index (χ3n) is 4.65. The quantitative estimate of drug-likeness (QED) is 0.818. The molecule has 2 aromatic rings. The molecule has 1 saturated heterocycles. The van der Waals surface area contributed by atoms with Gasteiger partial charge in [-0.2, -0.15) is 0 Å². The zero-order valence-electron chi connectivity index (χ0n) is 14.3. The molecule has 3 rings (SSSR count). The Morgan fingerprint density at radius 1 is 1.12 bits per heavy atom. The van der Waals surface area contributed by atoms with Crippen molar-refractivity contribution in [3.63, 3.8) is 0 Å². The lowest BCUT2D eigenvalue weighted by Gasteiger charge is -2.21. The lowest BCUT2D eigenvalue weighted by molar-refractivity contribution is -0.144. The number of ether oxygens (including phenoxy) is 3. The molecule has 1 fully saturated rings. The predicted octanol–water partition coefficient (Wildman–Crippen LogP) is 2.77. The normalized spacial score (nSPS) is 20.8. The van der Waals surface area contributed by atoms with Crippen LogP contribution in [0.2, 0.25) is 0 Å². The molecule has 5 nitrogen and oxygen atoms in total. The van der Waals surface area contributed by atoms with Crippen LogP contribution in [0, 0.1) is 11.8 Å². The Hall–Kier alpha value is -2.53. The summed E-state index contributed by atoms with van der Waals surface area (Å²) in [4.78, 5) is 12.2. The molecular weight excluding hydrogens is 320 g/mol. The summed E-state index contributed by atoms with van der Waals surface area (Å²) >= 11 is 0. The van der Waals surface area contributed by atoms with Gasteiger partial charge in [0.15, 0.2) is 11.5 Å². The molecule has 1 aliphatic heterocycles. The van der Waals surface area contributed by atoms with Crippen LogP contribution in [0.15, 0.2) is 48.5 Å². The average molecular weight is 342 g/mol. The van der Waals surface area contributed by atoms with Crippen molar-refractivity contribution in [2.45, 2.75) is 12.5 Å². The Morgan fingerprint density at radius 3 is 2.52 bits per heavy atom. The van der Waals surface area contributed by atoms with Gasteiger partial charge in [0.2, 0.25) is 0 Å². The number of carbonyl (C=O) groups excluding carboxylic acids is 1. The summed E-state index contributed by atoms with van der Waals surface area (Å²) < 4.78 is 15.8. The maximum absolute atomic E-state index is 12.2. The van der Waals surface area contributed by atoms with Gasteiger partial charge >= 0.3 is 5.97 Å². The van der Waals surface area contributed by atoms with E-state index in [9.17, 15) is 9.90 Å². The lowest BCUT2D eigenvalue weighted by Crippen LogP contribution is -2.25. The molecule has 3 atom stereocenters. The van der Waals surface area contributed by atoms with Gasteiger partial charge in [-0.05, 0) is 29.7 Å². The molecule has 0 saturated carbocycles. The number of aliphatic hydroxyl groups excluding tert-OH is 1. The van der Waals surface area contributed by atoms with E-state index < -0.39 is 12.0 Å². The van der Waals surface area contributed by atoms with Crippen molar-refractivity contribution in [1.82, 2.24) is 0 Å². The van der Waals surface area contributed by atoms with E-state index in [1.54, 1.807) is 14.2 Å². The van der Waals surface area contributed by atoms with Crippen LogP contribution in [-0.4, -0.2) is 31.9 Å². The zero-order chi connectivity index (χ0) is 17.8. The molecular formula is C20H22O5. The van der Waals surface area contributed by atoms with Crippen LogP contribution in [0.5, 0.6) is 11.5 Å². The van der Waals surface area contributed by atoms with Gasteiger partial charge in [0, 0.05) is 5.92 Å². The molecule has 0 amide bonds. The van der Waals surface area contributed by atoms with Crippen molar-refractivity contribution >= 4 is 5.97 Å². The topological polar surface area (TPSA) is 65.0 Å². The first-order valence-electron chi connectivity index (χ1n) is 8.24. The Kier molecular flexibility index (Phi) is 5.24. The number of methoxy groups -OCH3 is 2. The molecule has 1 aliphatic rings. The molecule has 5 heteroatoms. The van der Waals surface area contributed by atoms with Crippen molar-refractivity contribution < 1.29 is 24.1 Å². The molecule has 0 spiro atoms. The third kappa shape index (κ3) is 3.61. The fourth-order valence-corrected chi connectivity index (χ4v) is 3.32. The van der Waals surface area contributed by atoms with E-state index in [4.69, 9.17) is 14.2 Å². The first kappa shape index (κ1) is 17.3. The third-order valence-corrected chi connectivity index (χ3v) is 4.65. The van der Waals surface area contributed by atoms with E-state index in [-0.39, 0.29) is 11.9 Å². The molecule has 0 aliphatic carbocycles. The number of esters is 1. The Labute approximate surface area is 147 Å². The van der Waals surface area contributed by atoms with E-state index in [1.165, 1.54) is 0 Å².